The van der Waals surface area contributed by atoms with Crippen LogP contribution in [0.2, 0.25) is 0 Å². The first-order chi connectivity index (χ1) is 8.09. The Morgan fingerprint density at radius 1 is 1.12 bits per heavy atom. The Labute approximate surface area is 108 Å². The number of aliphatic imine (C=N–C) groups is 1. The molecule has 2 heteroatoms. The Morgan fingerprint density at radius 3 is 2.53 bits per heavy atom. The van der Waals surface area contributed by atoms with E-state index in [1.165, 1.54) is 35.4 Å². The number of benzene rings is 1. The summed E-state index contributed by atoms with van der Waals surface area (Å²) in [4.78, 5) is 4.88. The number of hydrogen-bond donors (Lipinski definition) is 0. The van der Waals surface area contributed by atoms with Crippen molar-refractivity contribution in [3.8, 4) is 0 Å². The Bertz CT molecular complexity index is 500. The van der Waals surface area contributed by atoms with Gasteiger partial charge in [0.05, 0.1) is 10.6 Å². The van der Waals surface area contributed by atoms with E-state index in [0.717, 1.165) is 6.42 Å². The van der Waals surface area contributed by atoms with Crippen molar-refractivity contribution in [1.82, 2.24) is 0 Å². The van der Waals surface area contributed by atoms with Crippen molar-refractivity contribution >= 4 is 16.8 Å². The van der Waals surface area contributed by atoms with Crippen LogP contribution >= 0.6 is 11.8 Å². The predicted octanol–water partition coefficient (Wildman–Crippen LogP) is 3.62. The van der Waals surface area contributed by atoms with Crippen molar-refractivity contribution in [1.29, 1.82) is 0 Å². The highest BCUT2D eigenvalue weighted by Gasteiger charge is 2.28. The van der Waals surface area contributed by atoms with E-state index in [0.29, 0.717) is 0 Å². The van der Waals surface area contributed by atoms with Gasteiger partial charge in [0.15, 0.2) is 0 Å². The minimum Gasteiger partial charge on any atom is -0.271 e. The van der Waals surface area contributed by atoms with Gasteiger partial charge in [-0.15, -0.1) is 11.8 Å². The molecule has 0 spiro atoms. The Balaban J connectivity index is 2.15. The molecule has 0 radical (unpaired) electrons. The lowest BCUT2D eigenvalue weighted by atomic mass is 9.87. The topological polar surface area (TPSA) is 12.4 Å². The second kappa shape index (κ2) is 3.88. The standard InChI is InChI=1S/C15H19NS/c1-15(2)9-12-7-10-5-4-6-11(10)8-13(12)14(16-15)17-3/h7-8H,4-6,9H2,1-3H3. The molecule has 1 aromatic carbocycles. The maximum absolute atomic E-state index is 4.88. The zero-order valence-electron chi connectivity index (χ0n) is 10.8. The first-order valence-electron chi connectivity index (χ1n) is 6.38. The summed E-state index contributed by atoms with van der Waals surface area (Å²) in [6.45, 7) is 4.47. The second-order valence-corrected chi connectivity index (χ2v) is 6.54. The highest BCUT2D eigenvalue weighted by atomic mass is 32.2. The fourth-order valence-electron chi connectivity index (χ4n) is 3.02. The van der Waals surface area contributed by atoms with E-state index < -0.39 is 0 Å². The van der Waals surface area contributed by atoms with E-state index in [1.807, 2.05) is 0 Å². The molecule has 0 atom stereocenters. The molecule has 0 saturated carbocycles. The molecular formula is C15H19NS. The molecule has 2 aliphatic rings. The number of rotatable bonds is 0. The lowest BCUT2D eigenvalue weighted by molar-refractivity contribution is 0.515. The van der Waals surface area contributed by atoms with Crippen molar-refractivity contribution in [2.45, 2.75) is 45.1 Å². The van der Waals surface area contributed by atoms with Gasteiger partial charge in [0, 0.05) is 5.56 Å². The molecule has 0 amide bonds. The third kappa shape index (κ3) is 1.93. The van der Waals surface area contributed by atoms with Crippen LogP contribution in [0, 0.1) is 0 Å². The van der Waals surface area contributed by atoms with Crippen molar-refractivity contribution in [2.75, 3.05) is 6.26 Å². The van der Waals surface area contributed by atoms with Gasteiger partial charge in [0.25, 0.3) is 0 Å². The molecule has 90 valence electrons. The maximum atomic E-state index is 4.88. The summed E-state index contributed by atoms with van der Waals surface area (Å²) in [5.41, 5.74) is 6.12. The van der Waals surface area contributed by atoms with Gasteiger partial charge in [-0.1, -0.05) is 6.07 Å². The largest absolute Gasteiger partial charge is 0.271 e. The summed E-state index contributed by atoms with van der Waals surface area (Å²) in [5.74, 6) is 0. The Kier molecular flexibility index (Phi) is 2.58. The Hall–Kier alpha value is -0.760. The molecule has 0 N–H and O–H groups in total. The number of hydrogen-bond acceptors (Lipinski definition) is 2. The van der Waals surface area contributed by atoms with E-state index in [2.05, 4.69) is 32.2 Å². The van der Waals surface area contributed by atoms with Crippen LogP contribution in [-0.2, 0) is 19.3 Å². The van der Waals surface area contributed by atoms with Crippen LogP contribution in [0.25, 0.3) is 0 Å². The molecule has 0 aromatic heterocycles. The molecule has 1 nitrogen and oxygen atoms in total. The maximum Gasteiger partial charge on any atom is 0.0983 e. The molecule has 1 heterocycles. The Morgan fingerprint density at radius 2 is 1.82 bits per heavy atom. The zero-order chi connectivity index (χ0) is 12.0. The molecule has 1 aliphatic heterocycles. The van der Waals surface area contributed by atoms with Gasteiger partial charge in [-0.3, -0.25) is 4.99 Å². The van der Waals surface area contributed by atoms with Crippen molar-refractivity contribution in [2.24, 2.45) is 4.99 Å². The lowest BCUT2D eigenvalue weighted by Gasteiger charge is -2.29. The highest BCUT2D eigenvalue weighted by Crippen LogP contribution is 2.34. The minimum absolute atomic E-state index is 0.0676. The molecule has 0 unspecified atom stereocenters. The van der Waals surface area contributed by atoms with Gasteiger partial charge in [0.2, 0.25) is 0 Å². The summed E-state index contributed by atoms with van der Waals surface area (Å²) < 4.78 is 0. The predicted molar refractivity (Wildman–Crippen MR) is 76.3 cm³/mol. The van der Waals surface area contributed by atoms with Gasteiger partial charge >= 0.3 is 0 Å². The molecule has 1 aliphatic carbocycles. The number of aryl methyl sites for hydroxylation is 2. The van der Waals surface area contributed by atoms with Crippen LogP contribution in [0.5, 0.6) is 0 Å². The molecule has 0 fully saturated rings. The molecular weight excluding hydrogens is 226 g/mol. The lowest BCUT2D eigenvalue weighted by Crippen LogP contribution is -2.28. The summed E-state index contributed by atoms with van der Waals surface area (Å²) in [7, 11) is 0. The van der Waals surface area contributed by atoms with Crippen LogP contribution in [0.15, 0.2) is 17.1 Å². The highest BCUT2D eigenvalue weighted by molar-refractivity contribution is 8.13. The van der Waals surface area contributed by atoms with Gasteiger partial charge in [0.1, 0.15) is 0 Å². The summed E-state index contributed by atoms with van der Waals surface area (Å²) in [6.07, 6.45) is 7.08. The smallest absolute Gasteiger partial charge is 0.0983 e. The van der Waals surface area contributed by atoms with E-state index in [-0.39, 0.29) is 5.54 Å². The quantitative estimate of drug-likeness (QED) is 0.680. The third-order valence-electron chi connectivity index (χ3n) is 3.77. The number of fused-ring (bicyclic) bond motifs is 2. The molecule has 0 bridgehead atoms. The summed E-state index contributed by atoms with van der Waals surface area (Å²) in [5, 5.41) is 1.23. The average Bonchev–Trinajstić information content (AvgIpc) is 2.71. The molecule has 17 heavy (non-hydrogen) atoms. The van der Waals surface area contributed by atoms with Gasteiger partial charge < -0.3 is 0 Å². The first-order valence-corrected chi connectivity index (χ1v) is 7.60. The van der Waals surface area contributed by atoms with Crippen LogP contribution in [0.1, 0.15) is 42.5 Å². The van der Waals surface area contributed by atoms with Crippen molar-refractivity contribution < 1.29 is 0 Å². The van der Waals surface area contributed by atoms with Crippen LogP contribution in [0.3, 0.4) is 0 Å². The minimum atomic E-state index is 0.0676. The van der Waals surface area contributed by atoms with Crippen LogP contribution in [0.4, 0.5) is 0 Å². The van der Waals surface area contributed by atoms with Crippen LogP contribution < -0.4 is 0 Å². The van der Waals surface area contributed by atoms with E-state index in [9.17, 15) is 0 Å². The van der Waals surface area contributed by atoms with Gasteiger partial charge in [-0.05, 0) is 68.5 Å². The first kappa shape index (κ1) is 11.3. The number of nitrogens with zero attached hydrogens (tertiary/aromatic N) is 1. The fraction of sp³-hybridized carbons (Fsp3) is 0.533. The molecule has 0 saturated heterocycles. The summed E-state index contributed by atoms with van der Waals surface area (Å²) >= 11 is 1.79. The van der Waals surface area contributed by atoms with E-state index in [4.69, 9.17) is 4.99 Å². The molecule has 3 rings (SSSR count). The van der Waals surface area contributed by atoms with E-state index in [1.54, 1.807) is 22.9 Å². The summed E-state index contributed by atoms with van der Waals surface area (Å²) in [6, 6.07) is 4.85. The average molecular weight is 245 g/mol. The molecule has 1 aromatic rings. The SMILES string of the molecule is CSC1=NC(C)(C)Cc2cc3c(cc21)CCC3. The third-order valence-corrected chi connectivity index (χ3v) is 4.47. The van der Waals surface area contributed by atoms with Crippen molar-refractivity contribution in [3.05, 3.63) is 34.4 Å². The van der Waals surface area contributed by atoms with Gasteiger partial charge in [-0.25, -0.2) is 0 Å². The monoisotopic (exact) mass is 245 g/mol. The van der Waals surface area contributed by atoms with Crippen molar-refractivity contribution in [3.63, 3.8) is 0 Å². The zero-order valence-corrected chi connectivity index (χ0v) is 11.7. The second-order valence-electron chi connectivity index (χ2n) is 5.74. The normalized spacial score (nSPS) is 20.8. The van der Waals surface area contributed by atoms with E-state index >= 15 is 0 Å². The van der Waals surface area contributed by atoms with Gasteiger partial charge in [-0.2, -0.15) is 0 Å². The number of thioether (sulfide) groups is 1. The van der Waals surface area contributed by atoms with Crippen LogP contribution in [-0.4, -0.2) is 16.8 Å². The fourth-order valence-corrected chi connectivity index (χ4v) is 3.77.